The van der Waals surface area contributed by atoms with Gasteiger partial charge < -0.3 is 4.55 Å². The molecule has 32 heavy (non-hydrogen) atoms. The van der Waals surface area contributed by atoms with Crippen LogP contribution in [0.4, 0.5) is 5.95 Å². The van der Waals surface area contributed by atoms with E-state index < -0.39 is 21.2 Å². The molecule has 0 radical (unpaired) electrons. The second kappa shape index (κ2) is 8.73. The first-order chi connectivity index (χ1) is 15.2. The van der Waals surface area contributed by atoms with Crippen LogP contribution < -0.4 is 4.72 Å². The van der Waals surface area contributed by atoms with Crippen LogP contribution in [0, 0.1) is 13.8 Å². The van der Waals surface area contributed by atoms with Crippen LogP contribution in [0.25, 0.3) is 11.3 Å². The molecule has 0 bridgehead atoms. The van der Waals surface area contributed by atoms with Crippen molar-refractivity contribution in [2.24, 2.45) is 7.05 Å². The molecule has 164 valence electrons. The standard InChI is InChI=1S/C22H21N5O3S2/c1-15-8-7-9-16(2)21(15)19-12-20(31(28)17-10-5-4-6-11-17)25-22(24-19)26-32(29,30)18-13-23-27(3)14-18/h4-14H,1-3H3,(H,24,25,26). The summed E-state index contributed by atoms with van der Waals surface area (Å²) in [5.41, 5.74) is 3.24. The molecule has 0 saturated carbocycles. The van der Waals surface area contributed by atoms with Crippen molar-refractivity contribution < 1.29 is 13.0 Å². The molecule has 2 heterocycles. The third-order valence-corrected chi connectivity index (χ3v) is 7.38. The molecule has 0 aliphatic heterocycles. The number of benzene rings is 2. The molecule has 4 aromatic rings. The third kappa shape index (κ3) is 4.52. The maximum Gasteiger partial charge on any atom is 0.267 e. The average Bonchev–Trinajstić information content (AvgIpc) is 3.21. The molecule has 2 aromatic heterocycles. The van der Waals surface area contributed by atoms with Crippen LogP contribution in [0.1, 0.15) is 11.1 Å². The maximum absolute atomic E-state index is 13.2. The zero-order chi connectivity index (χ0) is 22.9. The molecule has 4 rings (SSSR count). The van der Waals surface area contributed by atoms with Crippen LogP contribution in [0.3, 0.4) is 0 Å². The number of sulfonamides is 1. The largest absolute Gasteiger partial charge is 0.605 e. The fourth-order valence-corrected chi connectivity index (χ4v) is 5.25. The SMILES string of the molecule is Cc1cccc(C)c1-c1cc([S+]([O-])c2ccccc2)nc(NS(=O)(=O)c2cnn(C)c2)n1. The summed E-state index contributed by atoms with van der Waals surface area (Å²) < 4.78 is 42.7. The van der Waals surface area contributed by atoms with Gasteiger partial charge in [-0.25, -0.2) is 18.1 Å². The molecule has 10 heteroatoms. The lowest BCUT2D eigenvalue weighted by Gasteiger charge is -2.14. The summed E-state index contributed by atoms with van der Waals surface area (Å²) in [6.45, 7) is 3.88. The summed E-state index contributed by atoms with van der Waals surface area (Å²) in [5.74, 6) is -0.159. The van der Waals surface area contributed by atoms with Gasteiger partial charge in [0, 0.05) is 36.1 Å². The van der Waals surface area contributed by atoms with Gasteiger partial charge in [0.2, 0.25) is 5.95 Å². The first-order valence-electron chi connectivity index (χ1n) is 9.68. The predicted molar refractivity (Wildman–Crippen MR) is 122 cm³/mol. The molecule has 0 aliphatic rings. The fourth-order valence-electron chi connectivity index (χ4n) is 3.29. The number of aryl methyl sites for hydroxylation is 3. The summed E-state index contributed by atoms with van der Waals surface area (Å²) in [6, 6.07) is 16.3. The number of aromatic nitrogens is 4. The summed E-state index contributed by atoms with van der Waals surface area (Å²) >= 11 is -1.63. The Balaban J connectivity index is 1.84. The van der Waals surface area contributed by atoms with Gasteiger partial charge in [-0.15, -0.1) is 0 Å². The van der Waals surface area contributed by atoms with E-state index in [2.05, 4.69) is 19.8 Å². The lowest BCUT2D eigenvalue weighted by atomic mass is 10.00. The number of anilines is 1. The molecule has 0 fully saturated rings. The highest BCUT2D eigenvalue weighted by molar-refractivity contribution is 7.92. The summed E-state index contributed by atoms with van der Waals surface area (Å²) in [6.07, 6.45) is 2.61. The monoisotopic (exact) mass is 467 g/mol. The Labute approximate surface area is 189 Å². The maximum atomic E-state index is 13.2. The zero-order valence-corrected chi connectivity index (χ0v) is 19.3. The molecule has 2 aromatic carbocycles. The number of nitrogens with one attached hydrogen (secondary N) is 1. The van der Waals surface area contributed by atoms with E-state index in [1.165, 1.54) is 17.1 Å². The zero-order valence-electron chi connectivity index (χ0n) is 17.7. The lowest BCUT2D eigenvalue weighted by molar-refractivity contribution is 0.590. The van der Waals surface area contributed by atoms with E-state index >= 15 is 0 Å². The average molecular weight is 468 g/mol. The van der Waals surface area contributed by atoms with E-state index in [1.807, 2.05) is 38.1 Å². The summed E-state index contributed by atoms with van der Waals surface area (Å²) in [5, 5.41) is 4.11. The second-order valence-corrected chi connectivity index (χ2v) is 10.3. The van der Waals surface area contributed by atoms with Gasteiger partial charge in [-0.3, -0.25) is 4.68 Å². The van der Waals surface area contributed by atoms with Crippen molar-refractivity contribution in [2.75, 3.05) is 4.72 Å². The van der Waals surface area contributed by atoms with E-state index in [0.29, 0.717) is 10.6 Å². The van der Waals surface area contributed by atoms with Crippen molar-refractivity contribution in [3.63, 3.8) is 0 Å². The van der Waals surface area contributed by atoms with Crippen molar-refractivity contribution in [3.8, 4) is 11.3 Å². The van der Waals surface area contributed by atoms with Gasteiger partial charge in [0.25, 0.3) is 15.0 Å². The molecule has 0 spiro atoms. The fraction of sp³-hybridized carbons (Fsp3) is 0.136. The van der Waals surface area contributed by atoms with E-state index in [1.54, 1.807) is 37.4 Å². The van der Waals surface area contributed by atoms with Gasteiger partial charge >= 0.3 is 0 Å². The van der Waals surface area contributed by atoms with Crippen molar-refractivity contribution in [3.05, 3.63) is 78.1 Å². The number of hydrogen-bond acceptors (Lipinski definition) is 6. The molecule has 1 unspecified atom stereocenters. The minimum atomic E-state index is -3.98. The minimum Gasteiger partial charge on any atom is -0.605 e. The van der Waals surface area contributed by atoms with Crippen LogP contribution in [0.5, 0.6) is 0 Å². The van der Waals surface area contributed by atoms with Crippen LogP contribution in [0.15, 0.2) is 81.8 Å². The Kier molecular flexibility index (Phi) is 6.00. The van der Waals surface area contributed by atoms with Gasteiger partial charge in [0.15, 0.2) is 4.90 Å². The smallest absolute Gasteiger partial charge is 0.267 e. The normalized spacial score (nSPS) is 12.5. The van der Waals surface area contributed by atoms with Crippen LogP contribution >= 0.6 is 0 Å². The summed E-state index contributed by atoms with van der Waals surface area (Å²) in [4.78, 5) is 9.27. The van der Waals surface area contributed by atoms with E-state index in [-0.39, 0.29) is 15.9 Å². The van der Waals surface area contributed by atoms with Crippen molar-refractivity contribution in [1.82, 2.24) is 19.7 Å². The van der Waals surface area contributed by atoms with Gasteiger partial charge in [0.1, 0.15) is 4.90 Å². The highest BCUT2D eigenvalue weighted by atomic mass is 32.2. The lowest BCUT2D eigenvalue weighted by Crippen LogP contribution is -2.17. The molecule has 8 nitrogen and oxygen atoms in total. The van der Waals surface area contributed by atoms with E-state index in [9.17, 15) is 13.0 Å². The Morgan fingerprint density at radius 3 is 2.31 bits per heavy atom. The number of hydrogen-bond donors (Lipinski definition) is 1. The molecule has 0 amide bonds. The second-order valence-electron chi connectivity index (χ2n) is 7.22. The topological polar surface area (TPSA) is 113 Å². The summed E-state index contributed by atoms with van der Waals surface area (Å²) in [7, 11) is -2.35. The Morgan fingerprint density at radius 2 is 1.69 bits per heavy atom. The molecule has 0 saturated heterocycles. The van der Waals surface area contributed by atoms with Gasteiger partial charge in [0.05, 0.1) is 11.9 Å². The molecule has 0 aliphatic carbocycles. The highest BCUT2D eigenvalue weighted by Gasteiger charge is 2.24. The predicted octanol–water partition coefficient (Wildman–Crippen LogP) is 3.46. The number of rotatable bonds is 6. The van der Waals surface area contributed by atoms with Gasteiger partial charge in [-0.2, -0.15) is 10.1 Å². The van der Waals surface area contributed by atoms with Gasteiger partial charge in [-0.05, 0) is 37.1 Å². The number of nitrogens with zero attached hydrogens (tertiary/aromatic N) is 4. The minimum absolute atomic E-state index is 0.0215. The van der Waals surface area contributed by atoms with Crippen molar-refractivity contribution in [2.45, 2.75) is 28.7 Å². The molecular formula is C22H21N5O3S2. The molecule has 1 N–H and O–H groups in total. The quantitative estimate of drug-likeness (QED) is 0.343. The highest BCUT2D eigenvalue weighted by Crippen LogP contribution is 2.30. The van der Waals surface area contributed by atoms with E-state index in [4.69, 9.17) is 0 Å². The first-order valence-corrected chi connectivity index (χ1v) is 12.3. The van der Waals surface area contributed by atoms with Crippen LogP contribution in [0.2, 0.25) is 0 Å². The Morgan fingerprint density at radius 1 is 1.00 bits per heavy atom. The van der Waals surface area contributed by atoms with Crippen molar-refractivity contribution in [1.29, 1.82) is 0 Å². The van der Waals surface area contributed by atoms with Gasteiger partial charge in [-0.1, -0.05) is 36.4 Å². The van der Waals surface area contributed by atoms with Crippen LogP contribution in [-0.2, 0) is 28.2 Å². The molecule has 1 atom stereocenters. The van der Waals surface area contributed by atoms with Crippen LogP contribution in [-0.4, -0.2) is 32.7 Å². The third-order valence-electron chi connectivity index (χ3n) is 4.80. The molecular weight excluding hydrogens is 446 g/mol. The Bertz CT molecular complexity index is 1350. The van der Waals surface area contributed by atoms with E-state index in [0.717, 1.165) is 16.7 Å². The Hall–Kier alpha value is -3.21. The first kappa shape index (κ1) is 22.0. The van der Waals surface area contributed by atoms with Crippen molar-refractivity contribution >= 4 is 27.1 Å².